The molecule has 2 aromatic carbocycles. The van der Waals surface area contributed by atoms with Crippen molar-refractivity contribution in [2.24, 2.45) is 4.99 Å². The highest BCUT2D eigenvalue weighted by Crippen LogP contribution is 2.17. The van der Waals surface area contributed by atoms with Crippen molar-refractivity contribution in [3.63, 3.8) is 0 Å². The fourth-order valence-electron chi connectivity index (χ4n) is 3.32. The van der Waals surface area contributed by atoms with Gasteiger partial charge in [0.2, 0.25) is 0 Å². The van der Waals surface area contributed by atoms with Gasteiger partial charge < -0.3 is 20.1 Å². The minimum Gasteiger partial charge on any atom is -0.492 e. The van der Waals surface area contributed by atoms with Crippen molar-refractivity contribution in [3.8, 4) is 5.75 Å². The van der Waals surface area contributed by atoms with Gasteiger partial charge in [-0.15, -0.1) is 0 Å². The lowest BCUT2D eigenvalue weighted by atomic mass is 10.1. The molecule has 3 rings (SSSR count). The molecule has 0 unspecified atom stereocenters. The third-order valence-corrected chi connectivity index (χ3v) is 5.01. The molecule has 0 atom stereocenters. The van der Waals surface area contributed by atoms with Gasteiger partial charge in [-0.25, -0.2) is 4.39 Å². The van der Waals surface area contributed by atoms with Gasteiger partial charge in [-0.3, -0.25) is 9.89 Å². The van der Waals surface area contributed by atoms with E-state index in [4.69, 9.17) is 9.47 Å². The van der Waals surface area contributed by atoms with Crippen LogP contribution in [0.25, 0.3) is 0 Å². The van der Waals surface area contributed by atoms with Gasteiger partial charge in [0.05, 0.1) is 13.2 Å². The van der Waals surface area contributed by atoms with Gasteiger partial charge in [0, 0.05) is 45.3 Å². The van der Waals surface area contributed by atoms with Crippen LogP contribution >= 0.6 is 0 Å². The Kier molecular flexibility index (Phi) is 8.93. The molecule has 2 N–H and O–H groups in total. The number of hydrogen-bond acceptors (Lipinski definition) is 4. The third kappa shape index (κ3) is 7.31. The largest absolute Gasteiger partial charge is 0.492 e. The summed E-state index contributed by atoms with van der Waals surface area (Å²) in [5, 5.41) is 6.59. The van der Waals surface area contributed by atoms with Crippen LogP contribution in [0.4, 0.5) is 4.39 Å². The Hall–Kier alpha value is -2.64. The maximum Gasteiger partial charge on any atom is 0.191 e. The summed E-state index contributed by atoms with van der Waals surface area (Å²) >= 11 is 0. The SMILES string of the molecule is CN=C(NCCc1cccc(F)c1)NCc1ccccc1OCCN1CCOCC1. The summed E-state index contributed by atoms with van der Waals surface area (Å²) in [6.45, 7) is 6.34. The zero-order valence-electron chi connectivity index (χ0n) is 17.6. The lowest BCUT2D eigenvalue weighted by Gasteiger charge is -2.26. The lowest BCUT2D eigenvalue weighted by molar-refractivity contribution is 0.0322. The highest BCUT2D eigenvalue weighted by Gasteiger charge is 2.11. The Morgan fingerprint density at radius 1 is 1.13 bits per heavy atom. The quantitative estimate of drug-likeness (QED) is 0.488. The monoisotopic (exact) mass is 414 g/mol. The van der Waals surface area contributed by atoms with E-state index in [0.29, 0.717) is 25.7 Å². The smallest absolute Gasteiger partial charge is 0.191 e. The fraction of sp³-hybridized carbons (Fsp3) is 0.435. The summed E-state index contributed by atoms with van der Waals surface area (Å²) in [6, 6.07) is 14.7. The Bertz CT molecular complexity index is 809. The number of benzene rings is 2. The number of nitrogens with one attached hydrogen (secondary N) is 2. The van der Waals surface area contributed by atoms with Crippen LogP contribution in [-0.2, 0) is 17.7 Å². The molecule has 162 valence electrons. The summed E-state index contributed by atoms with van der Waals surface area (Å²) in [7, 11) is 1.74. The van der Waals surface area contributed by atoms with Crippen LogP contribution in [0.3, 0.4) is 0 Å². The van der Waals surface area contributed by atoms with Crippen LogP contribution in [0.2, 0.25) is 0 Å². The molecule has 1 saturated heterocycles. The summed E-state index contributed by atoms with van der Waals surface area (Å²) in [5.74, 6) is 1.38. The van der Waals surface area contributed by atoms with Gasteiger partial charge in [0.25, 0.3) is 0 Å². The average molecular weight is 415 g/mol. The summed E-state index contributed by atoms with van der Waals surface area (Å²) < 4.78 is 24.7. The van der Waals surface area contributed by atoms with Crippen molar-refractivity contribution >= 4 is 5.96 Å². The van der Waals surface area contributed by atoms with Gasteiger partial charge in [0.15, 0.2) is 5.96 Å². The molecule has 1 heterocycles. The fourth-order valence-corrected chi connectivity index (χ4v) is 3.32. The Labute approximate surface area is 178 Å². The number of para-hydroxylation sites is 1. The Morgan fingerprint density at radius 2 is 1.97 bits per heavy atom. The van der Waals surface area contributed by atoms with Gasteiger partial charge >= 0.3 is 0 Å². The Morgan fingerprint density at radius 3 is 2.77 bits per heavy atom. The van der Waals surface area contributed by atoms with Crippen LogP contribution in [0.15, 0.2) is 53.5 Å². The van der Waals surface area contributed by atoms with E-state index in [1.165, 1.54) is 6.07 Å². The molecule has 0 aromatic heterocycles. The first-order chi connectivity index (χ1) is 14.7. The van der Waals surface area contributed by atoms with Crippen LogP contribution in [-0.4, -0.2) is 63.9 Å². The molecular formula is C23H31FN4O2. The number of morpholine rings is 1. The molecule has 0 radical (unpaired) electrons. The minimum absolute atomic E-state index is 0.208. The predicted molar refractivity (Wildman–Crippen MR) is 118 cm³/mol. The van der Waals surface area contributed by atoms with Crippen molar-refractivity contribution in [3.05, 3.63) is 65.5 Å². The lowest BCUT2D eigenvalue weighted by Crippen LogP contribution is -2.39. The number of guanidine groups is 1. The summed E-state index contributed by atoms with van der Waals surface area (Å²) in [5.41, 5.74) is 2.03. The number of halogens is 1. The molecule has 0 aliphatic carbocycles. The van der Waals surface area contributed by atoms with E-state index in [1.807, 2.05) is 24.3 Å². The second kappa shape index (κ2) is 12.1. The van der Waals surface area contributed by atoms with Crippen molar-refractivity contribution < 1.29 is 13.9 Å². The number of ether oxygens (including phenoxy) is 2. The topological polar surface area (TPSA) is 58.1 Å². The maximum absolute atomic E-state index is 13.3. The minimum atomic E-state index is -0.208. The molecule has 0 spiro atoms. The highest BCUT2D eigenvalue weighted by atomic mass is 19.1. The molecule has 1 aliphatic heterocycles. The number of rotatable bonds is 9. The standard InChI is InChI=1S/C23H31FN4O2/c1-25-23(26-10-9-19-5-4-7-21(24)17-19)27-18-20-6-2-3-8-22(20)30-16-13-28-11-14-29-15-12-28/h2-8,17H,9-16,18H2,1H3,(H2,25,26,27). The van der Waals surface area contributed by atoms with Gasteiger partial charge in [-0.2, -0.15) is 0 Å². The molecule has 6 nitrogen and oxygen atoms in total. The molecule has 0 amide bonds. The van der Waals surface area contributed by atoms with E-state index in [-0.39, 0.29) is 5.82 Å². The van der Waals surface area contributed by atoms with Crippen LogP contribution in [0.1, 0.15) is 11.1 Å². The summed E-state index contributed by atoms with van der Waals surface area (Å²) in [6.07, 6.45) is 0.722. The number of nitrogens with zero attached hydrogens (tertiary/aromatic N) is 2. The molecule has 1 aliphatic rings. The first-order valence-corrected chi connectivity index (χ1v) is 10.4. The van der Waals surface area contributed by atoms with Gasteiger partial charge in [-0.1, -0.05) is 30.3 Å². The highest BCUT2D eigenvalue weighted by molar-refractivity contribution is 5.79. The van der Waals surface area contributed by atoms with E-state index < -0.39 is 0 Å². The molecule has 0 bridgehead atoms. The maximum atomic E-state index is 13.3. The van der Waals surface area contributed by atoms with E-state index in [1.54, 1.807) is 19.2 Å². The van der Waals surface area contributed by atoms with Gasteiger partial charge in [0.1, 0.15) is 18.2 Å². The van der Waals surface area contributed by atoms with E-state index >= 15 is 0 Å². The Balaban J connectivity index is 1.43. The third-order valence-electron chi connectivity index (χ3n) is 5.01. The average Bonchev–Trinajstić information content (AvgIpc) is 2.78. The van der Waals surface area contributed by atoms with Gasteiger partial charge in [-0.05, 0) is 30.2 Å². The molecule has 0 saturated carbocycles. The van der Waals surface area contributed by atoms with Crippen LogP contribution in [0.5, 0.6) is 5.75 Å². The van der Waals surface area contributed by atoms with Crippen molar-refractivity contribution in [2.45, 2.75) is 13.0 Å². The second-order valence-electron chi connectivity index (χ2n) is 7.14. The molecular weight excluding hydrogens is 383 g/mol. The van der Waals surface area contributed by atoms with Crippen molar-refractivity contribution in [1.82, 2.24) is 15.5 Å². The number of aliphatic imine (C=N–C) groups is 1. The first kappa shape index (κ1) is 22.1. The normalized spacial score (nSPS) is 15.1. The summed E-state index contributed by atoms with van der Waals surface area (Å²) in [4.78, 5) is 6.62. The predicted octanol–water partition coefficient (Wildman–Crippen LogP) is 2.44. The molecule has 2 aromatic rings. The van der Waals surface area contributed by atoms with Crippen molar-refractivity contribution in [1.29, 1.82) is 0 Å². The van der Waals surface area contributed by atoms with E-state index in [2.05, 4.69) is 26.6 Å². The molecule has 30 heavy (non-hydrogen) atoms. The van der Waals surface area contributed by atoms with Crippen LogP contribution in [0, 0.1) is 5.82 Å². The van der Waals surface area contributed by atoms with E-state index in [9.17, 15) is 4.39 Å². The van der Waals surface area contributed by atoms with E-state index in [0.717, 1.165) is 56.1 Å². The zero-order chi connectivity index (χ0) is 21.0. The molecule has 1 fully saturated rings. The first-order valence-electron chi connectivity index (χ1n) is 10.4. The van der Waals surface area contributed by atoms with Crippen molar-refractivity contribution in [2.75, 3.05) is 53.0 Å². The van der Waals surface area contributed by atoms with Crippen LogP contribution < -0.4 is 15.4 Å². The number of hydrogen-bond donors (Lipinski definition) is 2. The molecule has 7 heteroatoms. The second-order valence-corrected chi connectivity index (χ2v) is 7.14. The zero-order valence-corrected chi connectivity index (χ0v) is 17.6.